The number of rotatable bonds is 13. The SMILES string of the molecule is CO/N=C(\COc1ccc(COc2ccc(C(CC=O)C(=N)/C=C\O)cc2)cc1)c1cccc(C)c1. The average Bonchev–Trinajstić information content (AvgIpc) is 2.89. The maximum Gasteiger partial charge on any atom is 0.134 e. The Bertz CT molecular complexity index is 1200. The molecule has 7 nitrogen and oxygen atoms in total. The quantitative estimate of drug-likeness (QED) is 0.138. The second kappa shape index (κ2) is 13.5. The zero-order valence-corrected chi connectivity index (χ0v) is 20.4. The van der Waals surface area contributed by atoms with Gasteiger partial charge in [-0.25, -0.2) is 0 Å². The fourth-order valence-corrected chi connectivity index (χ4v) is 3.63. The highest BCUT2D eigenvalue weighted by Gasteiger charge is 2.15. The fraction of sp³-hybridized carbons (Fsp3) is 0.207. The number of oxime groups is 1. The van der Waals surface area contributed by atoms with Crippen LogP contribution < -0.4 is 9.47 Å². The molecule has 3 aromatic carbocycles. The molecule has 1 unspecified atom stereocenters. The Kier molecular flexibility index (Phi) is 9.82. The second-order valence-electron chi connectivity index (χ2n) is 8.11. The van der Waals surface area contributed by atoms with Gasteiger partial charge in [-0.2, -0.15) is 0 Å². The summed E-state index contributed by atoms with van der Waals surface area (Å²) >= 11 is 0. The van der Waals surface area contributed by atoms with Gasteiger partial charge in [-0.15, -0.1) is 0 Å². The molecule has 1 atom stereocenters. The molecule has 7 heteroatoms. The van der Waals surface area contributed by atoms with E-state index in [1.54, 1.807) is 0 Å². The number of hydrogen-bond acceptors (Lipinski definition) is 7. The van der Waals surface area contributed by atoms with Crippen LogP contribution in [-0.4, -0.2) is 36.5 Å². The highest BCUT2D eigenvalue weighted by molar-refractivity contribution is 6.01. The Balaban J connectivity index is 1.56. The van der Waals surface area contributed by atoms with Crippen molar-refractivity contribution in [1.82, 2.24) is 0 Å². The normalized spacial score (nSPS) is 12.2. The molecule has 0 aliphatic carbocycles. The smallest absolute Gasteiger partial charge is 0.134 e. The van der Waals surface area contributed by atoms with Crippen molar-refractivity contribution in [3.05, 3.63) is 107 Å². The molecule has 0 saturated carbocycles. The van der Waals surface area contributed by atoms with Crippen molar-refractivity contribution < 1.29 is 24.2 Å². The lowest BCUT2D eigenvalue weighted by atomic mass is 9.91. The molecular formula is C29H30N2O5. The van der Waals surface area contributed by atoms with Crippen LogP contribution in [0.2, 0.25) is 0 Å². The van der Waals surface area contributed by atoms with Crippen molar-refractivity contribution in [2.24, 2.45) is 5.16 Å². The maximum atomic E-state index is 11.0. The van der Waals surface area contributed by atoms with Crippen LogP contribution in [0, 0.1) is 12.3 Å². The number of carbonyl (C=O) groups is 1. The van der Waals surface area contributed by atoms with E-state index < -0.39 is 5.92 Å². The zero-order chi connectivity index (χ0) is 25.8. The monoisotopic (exact) mass is 486 g/mol. The molecule has 0 bridgehead atoms. The Morgan fingerprint density at radius 3 is 2.36 bits per heavy atom. The number of allylic oxidation sites excluding steroid dienone is 1. The van der Waals surface area contributed by atoms with Gasteiger partial charge >= 0.3 is 0 Å². The van der Waals surface area contributed by atoms with E-state index in [2.05, 4.69) is 5.16 Å². The number of aldehydes is 1. The van der Waals surface area contributed by atoms with Gasteiger partial charge in [-0.05, 0) is 54.5 Å². The first-order valence-electron chi connectivity index (χ1n) is 11.5. The molecule has 3 aromatic rings. The minimum Gasteiger partial charge on any atom is -0.516 e. The predicted octanol–water partition coefficient (Wildman–Crippen LogP) is 5.77. The van der Waals surface area contributed by atoms with Gasteiger partial charge in [0.05, 0.1) is 6.26 Å². The molecule has 36 heavy (non-hydrogen) atoms. The predicted molar refractivity (Wildman–Crippen MR) is 140 cm³/mol. The van der Waals surface area contributed by atoms with Crippen molar-refractivity contribution in [2.75, 3.05) is 13.7 Å². The van der Waals surface area contributed by atoms with E-state index in [9.17, 15) is 4.79 Å². The minimum absolute atomic E-state index is 0.167. The van der Waals surface area contributed by atoms with Gasteiger partial charge in [-0.1, -0.05) is 53.2 Å². The van der Waals surface area contributed by atoms with Gasteiger partial charge in [0.2, 0.25) is 0 Å². The van der Waals surface area contributed by atoms with E-state index in [0.717, 1.165) is 34.8 Å². The summed E-state index contributed by atoms with van der Waals surface area (Å²) in [6.45, 7) is 2.67. The van der Waals surface area contributed by atoms with E-state index >= 15 is 0 Å². The van der Waals surface area contributed by atoms with Crippen LogP contribution in [0.1, 0.15) is 34.6 Å². The number of carbonyl (C=O) groups excluding carboxylic acids is 1. The number of nitrogens with one attached hydrogen (secondary N) is 1. The molecule has 2 N–H and O–H groups in total. The fourth-order valence-electron chi connectivity index (χ4n) is 3.63. The topological polar surface area (TPSA) is 101 Å². The summed E-state index contributed by atoms with van der Waals surface area (Å²) in [4.78, 5) is 16.0. The van der Waals surface area contributed by atoms with Crippen molar-refractivity contribution >= 4 is 17.7 Å². The Hall–Kier alpha value is -4.39. The zero-order valence-electron chi connectivity index (χ0n) is 20.4. The molecule has 0 radical (unpaired) electrons. The summed E-state index contributed by atoms with van der Waals surface area (Å²) in [7, 11) is 1.52. The summed E-state index contributed by atoms with van der Waals surface area (Å²) in [5, 5.41) is 21.0. The van der Waals surface area contributed by atoms with E-state index in [1.807, 2.05) is 79.7 Å². The third-order valence-corrected chi connectivity index (χ3v) is 5.50. The first kappa shape index (κ1) is 26.2. The molecule has 0 aliphatic heterocycles. The molecule has 0 spiro atoms. The van der Waals surface area contributed by atoms with Crippen molar-refractivity contribution in [3.8, 4) is 11.5 Å². The van der Waals surface area contributed by atoms with Crippen LogP contribution in [0.5, 0.6) is 11.5 Å². The van der Waals surface area contributed by atoms with Crippen LogP contribution in [0.25, 0.3) is 0 Å². The second-order valence-corrected chi connectivity index (χ2v) is 8.11. The third kappa shape index (κ3) is 7.56. The molecule has 3 rings (SSSR count). The largest absolute Gasteiger partial charge is 0.516 e. The first-order valence-corrected chi connectivity index (χ1v) is 11.5. The van der Waals surface area contributed by atoms with Gasteiger partial charge in [0.25, 0.3) is 0 Å². The molecule has 0 aromatic heterocycles. The highest BCUT2D eigenvalue weighted by atomic mass is 16.6. The first-order chi connectivity index (χ1) is 17.5. The lowest BCUT2D eigenvalue weighted by Gasteiger charge is -2.14. The summed E-state index contributed by atoms with van der Waals surface area (Å²) in [5.74, 6) is 0.972. The number of aliphatic hydroxyl groups excluding tert-OH is 1. The van der Waals surface area contributed by atoms with Gasteiger partial charge in [0, 0.05) is 23.6 Å². The number of aliphatic hydroxyl groups is 1. The Labute approximate surface area is 211 Å². The molecule has 0 aliphatic rings. The van der Waals surface area contributed by atoms with Crippen LogP contribution >= 0.6 is 0 Å². The summed E-state index contributed by atoms with van der Waals surface area (Å²) in [6, 6.07) is 22.9. The lowest BCUT2D eigenvalue weighted by Crippen LogP contribution is -2.13. The Morgan fingerprint density at radius 1 is 1.03 bits per heavy atom. The van der Waals surface area contributed by atoms with E-state index in [-0.39, 0.29) is 18.7 Å². The standard InChI is InChI=1S/C29H30N2O5/c1-21-4-3-5-24(18-21)29(31-34-2)20-36-25-10-6-22(7-11-25)19-35-26-12-8-23(9-13-26)27(14-16-32)28(30)15-17-33/h3-13,15-18,27,30,33H,14,19-20H2,1-2H3/b17-15-,30-28?,31-29+. The highest BCUT2D eigenvalue weighted by Crippen LogP contribution is 2.24. The third-order valence-electron chi connectivity index (χ3n) is 5.50. The summed E-state index contributed by atoms with van der Waals surface area (Å²) < 4.78 is 11.8. The molecule has 0 saturated heterocycles. The molecule has 0 fully saturated rings. The van der Waals surface area contributed by atoms with Gasteiger partial charge < -0.3 is 29.6 Å². The minimum atomic E-state index is -0.409. The van der Waals surface area contributed by atoms with Crippen LogP contribution in [-0.2, 0) is 16.2 Å². The van der Waals surface area contributed by atoms with Gasteiger partial charge in [0.1, 0.15) is 43.8 Å². The number of hydrogen-bond donors (Lipinski definition) is 2. The van der Waals surface area contributed by atoms with Gasteiger partial charge in [0.15, 0.2) is 0 Å². The Morgan fingerprint density at radius 2 is 1.72 bits per heavy atom. The molecule has 0 amide bonds. The number of benzene rings is 3. The maximum absolute atomic E-state index is 11.0. The number of aryl methyl sites for hydroxylation is 1. The van der Waals surface area contributed by atoms with Crippen molar-refractivity contribution in [1.29, 1.82) is 5.41 Å². The molecule has 0 heterocycles. The number of nitrogens with zero attached hydrogens (tertiary/aromatic N) is 1. The summed E-state index contributed by atoms with van der Waals surface area (Å²) in [6.07, 6.45) is 3.03. The van der Waals surface area contributed by atoms with Crippen molar-refractivity contribution in [3.63, 3.8) is 0 Å². The van der Waals surface area contributed by atoms with E-state index in [1.165, 1.54) is 13.2 Å². The number of ether oxygens (including phenoxy) is 2. The van der Waals surface area contributed by atoms with Crippen molar-refractivity contribution in [2.45, 2.75) is 25.9 Å². The molecular weight excluding hydrogens is 456 g/mol. The lowest BCUT2D eigenvalue weighted by molar-refractivity contribution is -0.107. The van der Waals surface area contributed by atoms with E-state index in [4.69, 9.17) is 24.8 Å². The summed E-state index contributed by atoms with van der Waals surface area (Å²) in [5.41, 5.74) is 4.74. The van der Waals surface area contributed by atoms with Crippen LogP contribution in [0.4, 0.5) is 0 Å². The van der Waals surface area contributed by atoms with Gasteiger partial charge in [-0.3, -0.25) is 0 Å². The molecule has 186 valence electrons. The van der Waals surface area contributed by atoms with E-state index in [0.29, 0.717) is 23.8 Å². The van der Waals surface area contributed by atoms with Crippen LogP contribution in [0.3, 0.4) is 0 Å². The average molecular weight is 487 g/mol. The van der Waals surface area contributed by atoms with Crippen LogP contribution in [0.15, 0.2) is 90.3 Å².